The Balaban J connectivity index is 2.43. The molecule has 2 N–H and O–H groups in total. The number of primary amides is 1. The molecule has 0 heterocycles. The third-order valence-corrected chi connectivity index (χ3v) is 2.73. The zero-order valence-electron chi connectivity index (χ0n) is 9.37. The van der Waals surface area contributed by atoms with Gasteiger partial charge in [0.15, 0.2) is 6.61 Å². The highest BCUT2D eigenvalue weighted by Crippen LogP contribution is 2.25. The van der Waals surface area contributed by atoms with Crippen molar-refractivity contribution in [1.29, 1.82) is 0 Å². The molecule has 1 aliphatic carbocycles. The summed E-state index contributed by atoms with van der Waals surface area (Å²) in [6.45, 7) is 2.07. The van der Waals surface area contributed by atoms with Gasteiger partial charge in [-0.25, -0.2) is 0 Å². The first-order valence-electron chi connectivity index (χ1n) is 5.71. The summed E-state index contributed by atoms with van der Waals surface area (Å²) in [6.07, 6.45) is 6.99. The molecular formula is C11H20N2O2. The van der Waals surface area contributed by atoms with E-state index in [1.54, 1.807) is 0 Å². The first-order valence-corrected chi connectivity index (χ1v) is 5.71. The van der Waals surface area contributed by atoms with E-state index in [0.717, 1.165) is 12.1 Å². The lowest BCUT2D eigenvalue weighted by Crippen LogP contribution is -2.21. The van der Waals surface area contributed by atoms with Crippen molar-refractivity contribution in [3.05, 3.63) is 0 Å². The maximum absolute atomic E-state index is 10.5. The van der Waals surface area contributed by atoms with Gasteiger partial charge in [0.25, 0.3) is 5.91 Å². The molecule has 1 saturated carbocycles. The van der Waals surface area contributed by atoms with E-state index in [1.807, 2.05) is 0 Å². The standard InChI is InChI=1S/C11H20N2O2/c1-2-5-9-6-3-4-7-10(9)13-15-8-11(12)14/h9H,2-8H2,1H3,(H2,12,14)/b13-10+/t9-/m0/s1. The molecule has 0 aromatic carbocycles. The predicted molar refractivity (Wildman–Crippen MR) is 59.4 cm³/mol. The average Bonchev–Trinajstić information content (AvgIpc) is 2.20. The van der Waals surface area contributed by atoms with E-state index in [1.165, 1.54) is 32.1 Å². The summed E-state index contributed by atoms with van der Waals surface area (Å²) in [5.41, 5.74) is 6.08. The summed E-state index contributed by atoms with van der Waals surface area (Å²) in [6, 6.07) is 0. The van der Waals surface area contributed by atoms with E-state index >= 15 is 0 Å². The summed E-state index contributed by atoms with van der Waals surface area (Å²) in [7, 11) is 0. The number of nitrogens with zero attached hydrogens (tertiary/aromatic N) is 1. The Morgan fingerprint density at radius 3 is 3.07 bits per heavy atom. The van der Waals surface area contributed by atoms with Gasteiger partial charge < -0.3 is 10.6 Å². The van der Waals surface area contributed by atoms with Crippen LogP contribution in [0.2, 0.25) is 0 Å². The van der Waals surface area contributed by atoms with Gasteiger partial charge in [0.05, 0.1) is 5.71 Å². The molecule has 0 aliphatic heterocycles. The predicted octanol–water partition coefficient (Wildman–Crippen LogP) is 1.83. The zero-order valence-corrected chi connectivity index (χ0v) is 9.37. The van der Waals surface area contributed by atoms with Crippen LogP contribution in [0.3, 0.4) is 0 Å². The minimum atomic E-state index is -0.470. The molecule has 0 saturated heterocycles. The van der Waals surface area contributed by atoms with Crippen molar-refractivity contribution in [3.8, 4) is 0 Å². The number of oxime groups is 1. The van der Waals surface area contributed by atoms with Crippen LogP contribution in [0.4, 0.5) is 0 Å². The van der Waals surface area contributed by atoms with Crippen LogP contribution in [0.15, 0.2) is 5.16 Å². The molecule has 86 valence electrons. The molecule has 15 heavy (non-hydrogen) atoms. The van der Waals surface area contributed by atoms with Crippen molar-refractivity contribution in [2.75, 3.05) is 6.61 Å². The van der Waals surface area contributed by atoms with Gasteiger partial charge in [-0.2, -0.15) is 0 Å². The highest BCUT2D eigenvalue weighted by molar-refractivity contribution is 5.87. The van der Waals surface area contributed by atoms with Crippen LogP contribution in [0.25, 0.3) is 0 Å². The third kappa shape index (κ3) is 4.32. The van der Waals surface area contributed by atoms with Crippen LogP contribution in [-0.4, -0.2) is 18.2 Å². The summed E-state index contributed by atoms with van der Waals surface area (Å²) in [4.78, 5) is 15.4. The maximum Gasteiger partial charge on any atom is 0.258 e. The van der Waals surface area contributed by atoms with Crippen molar-refractivity contribution < 1.29 is 9.63 Å². The SMILES string of the molecule is CCC[C@H]1CCCC/C1=N\OCC(N)=O. The highest BCUT2D eigenvalue weighted by atomic mass is 16.6. The molecule has 4 nitrogen and oxygen atoms in total. The number of nitrogens with two attached hydrogens (primary N) is 1. The van der Waals surface area contributed by atoms with Crippen LogP contribution >= 0.6 is 0 Å². The number of hydrogen-bond donors (Lipinski definition) is 1. The van der Waals surface area contributed by atoms with Crippen LogP contribution < -0.4 is 5.73 Å². The van der Waals surface area contributed by atoms with Crippen LogP contribution in [0.1, 0.15) is 45.4 Å². The molecule has 4 heteroatoms. The molecule has 0 spiro atoms. The van der Waals surface area contributed by atoms with Crippen molar-refractivity contribution in [2.24, 2.45) is 16.8 Å². The van der Waals surface area contributed by atoms with Crippen LogP contribution in [-0.2, 0) is 9.63 Å². The summed E-state index contributed by atoms with van der Waals surface area (Å²) in [5.74, 6) is 0.0822. The topological polar surface area (TPSA) is 64.7 Å². The minimum Gasteiger partial charge on any atom is -0.386 e. The van der Waals surface area contributed by atoms with Gasteiger partial charge in [-0.05, 0) is 25.7 Å². The fourth-order valence-corrected chi connectivity index (χ4v) is 2.03. The van der Waals surface area contributed by atoms with Crippen LogP contribution in [0, 0.1) is 5.92 Å². The molecule has 1 rings (SSSR count). The van der Waals surface area contributed by atoms with Gasteiger partial charge >= 0.3 is 0 Å². The molecule has 0 aromatic heterocycles. The minimum absolute atomic E-state index is 0.109. The molecule has 0 aromatic rings. The smallest absolute Gasteiger partial charge is 0.258 e. The van der Waals surface area contributed by atoms with E-state index in [0.29, 0.717) is 5.92 Å². The molecule has 1 aliphatic rings. The lowest BCUT2D eigenvalue weighted by molar-refractivity contribution is -0.122. The summed E-state index contributed by atoms with van der Waals surface area (Å²) < 4.78 is 0. The van der Waals surface area contributed by atoms with Gasteiger partial charge in [-0.3, -0.25) is 4.79 Å². The summed E-state index contributed by atoms with van der Waals surface area (Å²) >= 11 is 0. The molecule has 0 radical (unpaired) electrons. The number of rotatable bonds is 5. The van der Waals surface area contributed by atoms with Crippen molar-refractivity contribution in [3.63, 3.8) is 0 Å². The normalized spacial score (nSPS) is 24.1. The third-order valence-electron chi connectivity index (χ3n) is 2.73. The monoisotopic (exact) mass is 212 g/mol. The Hall–Kier alpha value is -1.06. The molecule has 0 bridgehead atoms. The number of carbonyl (C=O) groups is 1. The quantitative estimate of drug-likeness (QED) is 0.706. The van der Waals surface area contributed by atoms with E-state index in [-0.39, 0.29) is 6.61 Å². The van der Waals surface area contributed by atoms with E-state index in [2.05, 4.69) is 12.1 Å². The fourth-order valence-electron chi connectivity index (χ4n) is 2.03. The first-order chi connectivity index (χ1) is 7.24. The van der Waals surface area contributed by atoms with E-state index in [9.17, 15) is 4.79 Å². The van der Waals surface area contributed by atoms with Crippen molar-refractivity contribution >= 4 is 11.6 Å². The zero-order chi connectivity index (χ0) is 11.1. The molecule has 1 amide bonds. The Morgan fingerprint density at radius 1 is 1.60 bits per heavy atom. The van der Waals surface area contributed by atoms with Gasteiger partial charge in [0.2, 0.25) is 0 Å². The van der Waals surface area contributed by atoms with E-state index in [4.69, 9.17) is 10.6 Å². The Labute approximate surface area is 90.8 Å². The number of carbonyl (C=O) groups excluding carboxylic acids is 1. The lowest BCUT2D eigenvalue weighted by Gasteiger charge is -2.22. The van der Waals surface area contributed by atoms with Gasteiger partial charge in [0.1, 0.15) is 0 Å². The second-order valence-electron chi connectivity index (χ2n) is 4.05. The Bertz CT molecular complexity index is 237. The number of amides is 1. The fraction of sp³-hybridized carbons (Fsp3) is 0.818. The van der Waals surface area contributed by atoms with Crippen LogP contribution in [0.5, 0.6) is 0 Å². The van der Waals surface area contributed by atoms with Crippen molar-refractivity contribution in [1.82, 2.24) is 0 Å². The second-order valence-corrected chi connectivity index (χ2v) is 4.05. The second kappa shape index (κ2) is 6.43. The molecule has 1 atom stereocenters. The number of hydrogen-bond acceptors (Lipinski definition) is 3. The molecular weight excluding hydrogens is 192 g/mol. The summed E-state index contributed by atoms with van der Waals surface area (Å²) in [5, 5.41) is 4.04. The van der Waals surface area contributed by atoms with E-state index < -0.39 is 5.91 Å². The van der Waals surface area contributed by atoms with Gasteiger partial charge in [-0.1, -0.05) is 24.9 Å². The average molecular weight is 212 g/mol. The van der Waals surface area contributed by atoms with Crippen molar-refractivity contribution in [2.45, 2.75) is 45.4 Å². The Kier molecular flexibility index (Phi) is 5.15. The highest BCUT2D eigenvalue weighted by Gasteiger charge is 2.20. The molecule has 0 unspecified atom stereocenters. The van der Waals surface area contributed by atoms with Gasteiger partial charge in [-0.15, -0.1) is 0 Å². The molecule has 1 fully saturated rings. The van der Waals surface area contributed by atoms with Gasteiger partial charge in [0, 0.05) is 5.92 Å². The maximum atomic E-state index is 10.5. The first kappa shape index (κ1) is 12.0. The largest absolute Gasteiger partial charge is 0.386 e. The lowest BCUT2D eigenvalue weighted by atomic mass is 9.84. The Morgan fingerprint density at radius 2 is 2.40 bits per heavy atom.